The van der Waals surface area contributed by atoms with Crippen LogP contribution in [0, 0.1) is 13.8 Å². The van der Waals surface area contributed by atoms with Gasteiger partial charge < -0.3 is 18.3 Å². The number of hydrogen-bond acceptors (Lipinski definition) is 6. The smallest absolute Gasteiger partial charge is 0.425 e. The average Bonchev–Trinajstić information content (AvgIpc) is 3.45. The first-order valence-electron chi connectivity index (χ1n) is 23.1. The van der Waals surface area contributed by atoms with Gasteiger partial charge in [0.1, 0.15) is 28.9 Å². The first-order valence-corrected chi connectivity index (χ1v) is 24.6. The van der Waals surface area contributed by atoms with Gasteiger partial charge in [0.05, 0.1) is 0 Å². The Balaban J connectivity index is 0.00000369. The molecule has 2 aliphatic rings. The third-order valence-electron chi connectivity index (χ3n) is 12.5. The fourth-order valence-electron chi connectivity index (χ4n) is 8.55. The van der Waals surface area contributed by atoms with Gasteiger partial charge in [-0.3, -0.25) is 4.79 Å². The van der Waals surface area contributed by atoms with E-state index < -0.39 is 13.7 Å². The van der Waals surface area contributed by atoms with Crippen molar-refractivity contribution in [2.75, 3.05) is 0 Å². The van der Waals surface area contributed by atoms with Crippen molar-refractivity contribution in [3.63, 3.8) is 0 Å². The summed E-state index contributed by atoms with van der Waals surface area (Å²) in [5, 5.41) is 0. The van der Waals surface area contributed by atoms with Crippen molar-refractivity contribution < 1.29 is 27.7 Å². The third kappa shape index (κ3) is 9.97. The van der Waals surface area contributed by atoms with Crippen LogP contribution in [0.3, 0.4) is 0 Å². The molecule has 0 saturated heterocycles. The molecule has 4 aromatic rings. The van der Waals surface area contributed by atoms with Gasteiger partial charge in [0, 0.05) is 39.3 Å². The highest BCUT2D eigenvalue weighted by Gasteiger charge is 2.45. The number of carbonyl (C=O) groups is 1. The predicted molar refractivity (Wildman–Crippen MR) is 263 cm³/mol. The van der Waals surface area contributed by atoms with E-state index in [-0.39, 0.29) is 44.4 Å². The SMILES string of the molecule is CC.Cc1cc(C2C(=O)Oc3c2cc(C(C)(C)C)cc3C(C)(C)C)cc(C)c1OP1(=O)Oc2c(cc(C(C)(C)C)cc2C(C)(C)C)C(C)c2cc(C(C)(C)C)cc(C(C)(C)C)c2O1. The van der Waals surface area contributed by atoms with Crippen LogP contribution in [0.2, 0.25) is 0 Å². The Kier molecular flexibility index (Phi) is 13.1. The lowest BCUT2D eigenvalue weighted by atomic mass is 9.74. The van der Waals surface area contributed by atoms with Crippen LogP contribution in [-0.2, 0) is 41.8 Å². The highest BCUT2D eigenvalue weighted by atomic mass is 31.2. The maximum Gasteiger partial charge on any atom is 0.647 e. The van der Waals surface area contributed by atoms with E-state index in [1.807, 2.05) is 39.8 Å². The zero-order valence-corrected chi connectivity index (χ0v) is 44.1. The van der Waals surface area contributed by atoms with Crippen molar-refractivity contribution in [1.29, 1.82) is 0 Å². The van der Waals surface area contributed by atoms with Gasteiger partial charge in [-0.25, -0.2) is 0 Å². The number of esters is 1. The first-order chi connectivity index (χ1) is 28.5. The third-order valence-corrected chi connectivity index (χ3v) is 13.7. The molecular weight excluding hydrogens is 800 g/mol. The van der Waals surface area contributed by atoms with Crippen LogP contribution in [0.25, 0.3) is 0 Å². The molecule has 4 aromatic carbocycles. The molecule has 0 spiro atoms. The summed E-state index contributed by atoms with van der Waals surface area (Å²) in [4.78, 5) is 13.9. The molecule has 6 rings (SSSR count). The molecule has 0 N–H and O–H groups in total. The van der Waals surface area contributed by atoms with Crippen LogP contribution >= 0.6 is 7.82 Å². The zero-order valence-electron chi connectivity index (χ0n) is 43.2. The topological polar surface area (TPSA) is 71.1 Å². The van der Waals surface area contributed by atoms with Gasteiger partial charge in [-0.1, -0.05) is 194 Å². The van der Waals surface area contributed by atoms with Crippen molar-refractivity contribution in [3.05, 3.63) is 115 Å². The Morgan fingerprint density at radius 2 is 0.825 bits per heavy atom. The Labute approximate surface area is 381 Å². The van der Waals surface area contributed by atoms with E-state index in [0.717, 1.165) is 44.5 Å². The second-order valence-corrected chi connectivity index (χ2v) is 25.5. The van der Waals surface area contributed by atoms with Crippen molar-refractivity contribution in [2.45, 2.75) is 204 Å². The van der Waals surface area contributed by atoms with Gasteiger partial charge in [-0.2, -0.15) is 4.57 Å². The fraction of sp³-hybridized carbons (Fsp3) is 0.554. The van der Waals surface area contributed by atoms with Crippen molar-refractivity contribution in [3.8, 4) is 23.0 Å². The molecule has 63 heavy (non-hydrogen) atoms. The highest BCUT2D eigenvalue weighted by molar-refractivity contribution is 7.49. The van der Waals surface area contributed by atoms with Crippen molar-refractivity contribution in [1.82, 2.24) is 0 Å². The quantitative estimate of drug-likeness (QED) is 0.116. The molecule has 2 heterocycles. The number of phosphoric acid groups is 1. The zero-order chi connectivity index (χ0) is 48.0. The molecule has 0 fully saturated rings. The van der Waals surface area contributed by atoms with E-state index in [2.05, 4.69) is 168 Å². The summed E-state index contributed by atoms with van der Waals surface area (Å²) in [6.45, 7) is 49.4. The largest absolute Gasteiger partial charge is 0.647 e. The number of hydrogen-bond donors (Lipinski definition) is 0. The monoisotopic (exact) mass is 879 g/mol. The Morgan fingerprint density at radius 1 is 0.492 bits per heavy atom. The minimum atomic E-state index is -4.50. The summed E-state index contributed by atoms with van der Waals surface area (Å²) < 4.78 is 42.6. The lowest BCUT2D eigenvalue weighted by Crippen LogP contribution is -2.24. The molecule has 6 nitrogen and oxygen atoms in total. The number of phosphoric ester groups is 1. The number of fused-ring (bicyclic) bond motifs is 3. The number of aryl methyl sites for hydroxylation is 2. The second kappa shape index (κ2) is 16.4. The van der Waals surface area contributed by atoms with E-state index in [4.69, 9.17) is 18.3 Å². The predicted octanol–water partition coefficient (Wildman–Crippen LogP) is 16.3. The van der Waals surface area contributed by atoms with E-state index in [0.29, 0.717) is 34.1 Å². The van der Waals surface area contributed by atoms with Crippen LogP contribution < -0.4 is 18.3 Å². The minimum Gasteiger partial charge on any atom is -0.425 e. The molecule has 0 aromatic heterocycles. The summed E-state index contributed by atoms with van der Waals surface area (Å²) in [5.41, 5.74) is 9.88. The molecule has 7 heteroatoms. The van der Waals surface area contributed by atoms with E-state index in [9.17, 15) is 4.79 Å². The lowest BCUT2D eigenvalue weighted by molar-refractivity contribution is -0.133. The van der Waals surface area contributed by atoms with E-state index in [1.165, 1.54) is 11.1 Å². The van der Waals surface area contributed by atoms with Gasteiger partial charge in [-0.15, -0.1) is 0 Å². The highest BCUT2D eigenvalue weighted by Crippen LogP contribution is 2.60. The van der Waals surface area contributed by atoms with Crippen molar-refractivity contribution in [2.24, 2.45) is 0 Å². The maximum atomic E-state index is 15.9. The second-order valence-electron chi connectivity index (χ2n) is 24.1. The fourth-order valence-corrected chi connectivity index (χ4v) is 10.0. The minimum absolute atomic E-state index is 0.143. The van der Waals surface area contributed by atoms with Crippen LogP contribution in [0.4, 0.5) is 0 Å². The summed E-state index contributed by atoms with van der Waals surface area (Å²) in [7, 11) is -4.50. The number of ether oxygens (including phenoxy) is 1. The Morgan fingerprint density at radius 3 is 1.16 bits per heavy atom. The number of rotatable bonds is 3. The summed E-state index contributed by atoms with van der Waals surface area (Å²) in [6.07, 6.45) is 0. The van der Waals surface area contributed by atoms with Crippen LogP contribution in [-0.4, -0.2) is 5.97 Å². The first kappa shape index (κ1) is 50.0. The standard InChI is InChI=1S/C54H73O6P.C2H6/c1-30-22-33(43-39-26-36(51(10,11)12)27-40(52(13,14)15)45(39)57-48(43)55)23-31(2)44(30)58-61(56)59-46-37(24-34(49(4,5)6)28-41(46)53(16,17)18)32(3)38-25-35(50(7,8)9)29-42(47(38)60-61)54(19,20)21;1-2/h22-29,32,43H,1-21H3;1-2H3. The molecule has 0 saturated carbocycles. The van der Waals surface area contributed by atoms with Crippen LogP contribution in [0.15, 0.2) is 48.5 Å². The summed E-state index contributed by atoms with van der Waals surface area (Å²) in [6, 6.07) is 17.1. The van der Waals surface area contributed by atoms with Crippen LogP contribution in [0.5, 0.6) is 23.0 Å². The normalized spacial score (nSPS) is 19.3. The Hall–Kier alpha value is -4.02. The van der Waals surface area contributed by atoms with Gasteiger partial charge in [-0.05, 0) is 79.7 Å². The van der Waals surface area contributed by atoms with Gasteiger partial charge in [0.15, 0.2) is 0 Å². The molecule has 2 aliphatic heterocycles. The lowest BCUT2D eigenvalue weighted by Gasteiger charge is -2.36. The molecule has 0 radical (unpaired) electrons. The summed E-state index contributed by atoms with van der Waals surface area (Å²) in [5.74, 6) is 0.986. The molecule has 1 unspecified atom stereocenters. The molecule has 0 aliphatic carbocycles. The summed E-state index contributed by atoms with van der Waals surface area (Å²) >= 11 is 0. The maximum absolute atomic E-state index is 15.9. The Bertz CT molecular complexity index is 2350. The number of carbonyl (C=O) groups excluding carboxylic acids is 1. The van der Waals surface area contributed by atoms with E-state index >= 15 is 4.57 Å². The molecule has 0 bridgehead atoms. The van der Waals surface area contributed by atoms with Gasteiger partial charge >= 0.3 is 13.8 Å². The average molecular weight is 879 g/mol. The molecule has 0 amide bonds. The van der Waals surface area contributed by atoms with Crippen LogP contribution in [0.1, 0.15) is 224 Å². The van der Waals surface area contributed by atoms with Gasteiger partial charge in [0.2, 0.25) is 0 Å². The number of benzene rings is 4. The van der Waals surface area contributed by atoms with Crippen molar-refractivity contribution >= 4 is 13.8 Å². The molecule has 1 atom stereocenters. The molecule has 344 valence electrons. The van der Waals surface area contributed by atoms with E-state index in [1.54, 1.807) is 0 Å². The van der Waals surface area contributed by atoms with Gasteiger partial charge in [0.25, 0.3) is 0 Å². The molecular formula is C56H79O6P.